The van der Waals surface area contributed by atoms with E-state index in [0.717, 1.165) is 23.0 Å². The number of piperidine rings is 1. The van der Waals surface area contributed by atoms with Crippen molar-refractivity contribution in [1.29, 1.82) is 0 Å². The third kappa shape index (κ3) is 3.86. The Morgan fingerprint density at radius 1 is 1.48 bits per heavy atom. The van der Waals surface area contributed by atoms with Crippen molar-refractivity contribution in [2.75, 3.05) is 24.2 Å². The number of hydrogen-bond acceptors (Lipinski definition) is 7. The van der Waals surface area contributed by atoms with Gasteiger partial charge < -0.3 is 11.1 Å². The molecule has 0 bridgehead atoms. The summed E-state index contributed by atoms with van der Waals surface area (Å²) < 4.78 is 2.62. The van der Waals surface area contributed by atoms with Gasteiger partial charge in [0.1, 0.15) is 5.54 Å². The zero-order chi connectivity index (χ0) is 17.9. The van der Waals surface area contributed by atoms with Crippen LogP contribution in [0.25, 0.3) is 0 Å². The van der Waals surface area contributed by atoms with Gasteiger partial charge in [-0.2, -0.15) is 5.10 Å². The lowest BCUT2D eigenvalue weighted by Crippen LogP contribution is -2.52. The van der Waals surface area contributed by atoms with Gasteiger partial charge in [-0.15, -0.1) is 11.8 Å². The fourth-order valence-electron chi connectivity index (χ4n) is 2.84. The molecule has 1 aliphatic heterocycles. The van der Waals surface area contributed by atoms with Gasteiger partial charge in [0.15, 0.2) is 5.13 Å². The maximum Gasteiger partial charge on any atom is 0.254 e. The SMILES string of the molecule is Cc1nc(NC(=O)C2(n3cccn3)CCNCC2)sc1SCC(N)=O. The van der Waals surface area contributed by atoms with Gasteiger partial charge >= 0.3 is 0 Å². The molecule has 0 radical (unpaired) electrons. The first-order chi connectivity index (χ1) is 12.0. The number of anilines is 1. The van der Waals surface area contributed by atoms with Crippen LogP contribution in [-0.2, 0) is 15.1 Å². The van der Waals surface area contributed by atoms with Gasteiger partial charge in [0.2, 0.25) is 5.91 Å². The molecule has 0 aliphatic carbocycles. The van der Waals surface area contributed by atoms with Crippen LogP contribution in [0.4, 0.5) is 5.13 Å². The number of nitrogens with one attached hydrogen (secondary N) is 2. The molecule has 1 fully saturated rings. The van der Waals surface area contributed by atoms with Crippen LogP contribution in [0.3, 0.4) is 0 Å². The number of thioether (sulfide) groups is 1. The fraction of sp³-hybridized carbons (Fsp3) is 0.467. The third-order valence-corrected chi connectivity index (χ3v) is 6.57. The van der Waals surface area contributed by atoms with E-state index in [2.05, 4.69) is 20.7 Å². The molecule has 25 heavy (non-hydrogen) atoms. The molecular weight excluding hydrogens is 360 g/mol. The molecule has 10 heteroatoms. The van der Waals surface area contributed by atoms with E-state index in [1.807, 2.05) is 19.2 Å². The summed E-state index contributed by atoms with van der Waals surface area (Å²) in [4.78, 5) is 28.4. The number of nitrogens with two attached hydrogens (primary N) is 1. The van der Waals surface area contributed by atoms with Crippen molar-refractivity contribution >= 4 is 40.0 Å². The highest BCUT2D eigenvalue weighted by Crippen LogP contribution is 2.34. The number of hydrogen-bond donors (Lipinski definition) is 3. The average molecular weight is 380 g/mol. The van der Waals surface area contributed by atoms with Gasteiger partial charge in [-0.3, -0.25) is 19.6 Å². The number of primary amides is 1. The molecule has 0 aromatic carbocycles. The van der Waals surface area contributed by atoms with Crippen molar-refractivity contribution in [3.8, 4) is 0 Å². The Labute approximate surface area is 153 Å². The number of carbonyl (C=O) groups excluding carboxylic acids is 2. The molecule has 3 rings (SSSR count). The molecule has 1 aliphatic rings. The summed E-state index contributed by atoms with van der Waals surface area (Å²) in [6.45, 7) is 3.36. The van der Waals surface area contributed by atoms with Gasteiger partial charge in [-0.25, -0.2) is 4.98 Å². The van der Waals surface area contributed by atoms with Crippen LogP contribution < -0.4 is 16.4 Å². The molecule has 0 unspecified atom stereocenters. The van der Waals surface area contributed by atoms with E-state index in [1.165, 1.54) is 23.1 Å². The Hall–Kier alpha value is -1.91. The summed E-state index contributed by atoms with van der Waals surface area (Å²) in [5, 5.41) is 11.0. The van der Waals surface area contributed by atoms with Gasteiger partial charge in [0.25, 0.3) is 5.91 Å². The summed E-state index contributed by atoms with van der Waals surface area (Å²) in [5.41, 5.74) is 5.26. The van der Waals surface area contributed by atoms with E-state index in [4.69, 9.17) is 5.73 Å². The van der Waals surface area contributed by atoms with Gasteiger partial charge in [-0.1, -0.05) is 11.3 Å². The average Bonchev–Trinajstić information content (AvgIpc) is 3.24. The maximum absolute atomic E-state index is 13.1. The first-order valence-corrected chi connectivity index (χ1v) is 9.72. The highest BCUT2D eigenvalue weighted by Gasteiger charge is 2.42. The van der Waals surface area contributed by atoms with E-state index in [0.29, 0.717) is 18.0 Å². The van der Waals surface area contributed by atoms with Crippen LogP contribution in [-0.4, -0.2) is 45.4 Å². The Bertz CT molecular complexity index is 752. The van der Waals surface area contributed by atoms with Gasteiger partial charge in [0.05, 0.1) is 15.7 Å². The third-order valence-electron chi connectivity index (χ3n) is 4.12. The second-order valence-electron chi connectivity index (χ2n) is 5.83. The molecular formula is C15H20N6O2S2. The number of amides is 2. The van der Waals surface area contributed by atoms with Crippen molar-refractivity contribution in [2.24, 2.45) is 5.73 Å². The zero-order valence-corrected chi connectivity index (χ0v) is 15.5. The normalized spacial score (nSPS) is 16.5. The predicted octanol–water partition coefficient (Wildman–Crippen LogP) is 0.943. The number of nitrogens with zero attached hydrogens (tertiary/aromatic N) is 3. The van der Waals surface area contributed by atoms with Crippen LogP contribution in [0, 0.1) is 6.92 Å². The Morgan fingerprint density at radius 3 is 2.88 bits per heavy atom. The molecule has 0 spiro atoms. The number of thiazole rings is 1. The monoisotopic (exact) mass is 380 g/mol. The van der Waals surface area contributed by atoms with E-state index >= 15 is 0 Å². The first kappa shape index (κ1) is 17.9. The van der Waals surface area contributed by atoms with Crippen LogP contribution in [0.5, 0.6) is 0 Å². The molecule has 1 saturated heterocycles. The van der Waals surface area contributed by atoms with Crippen molar-refractivity contribution in [1.82, 2.24) is 20.1 Å². The lowest BCUT2D eigenvalue weighted by molar-refractivity contribution is -0.126. The molecule has 0 atom stereocenters. The smallest absolute Gasteiger partial charge is 0.254 e. The van der Waals surface area contributed by atoms with Crippen LogP contribution in [0.15, 0.2) is 22.7 Å². The Balaban J connectivity index is 1.78. The lowest BCUT2D eigenvalue weighted by Gasteiger charge is -2.36. The van der Waals surface area contributed by atoms with E-state index in [9.17, 15) is 9.59 Å². The fourth-order valence-corrected chi connectivity index (χ4v) is 4.71. The minimum atomic E-state index is -0.713. The molecule has 134 valence electrons. The van der Waals surface area contributed by atoms with E-state index < -0.39 is 5.54 Å². The number of aromatic nitrogens is 3. The van der Waals surface area contributed by atoms with Crippen LogP contribution >= 0.6 is 23.1 Å². The lowest BCUT2D eigenvalue weighted by atomic mass is 9.87. The van der Waals surface area contributed by atoms with Crippen molar-refractivity contribution in [2.45, 2.75) is 29.5 Å². The second-order valence-corrected chi connectivity index (χ2v) is 8.08. The highest BCUT2D eigenvalue weighted by atomic mass is 32.2. The van der Waals surface area contributed by atoms with Gasteiger partial charge in [0, 0.05) is 12.4 Å². The van der Waals surface area contributed by atoms with Crippen molar-refractivity contribution in [3.63, 3.8) is 0 Å². The maximum atomic E-state index is 13.1. The summed E-state index contributed by atoms with van der Waals surface area (Å²) in [7, 11) is 0. The highest BCUT2D eigenvalue weighted by molar-refractivity contribution is 8.01. The molecule has 2 aromatic heterocycles. The molecule has 8 nitrogen and oxygen atoms in total. The predicted molar refractivity (Wildman–Crippen MR) is 97.7 cm³/mol. The number of carbonyl (C=O) groups is 2. The van der Waals surface area contributed by atoms with Crippen molar-refractivity contribution < 1.29 is 9.59 Å². The van der Waals surface area contributed by atoms with E-state index in [-0.39, 0.29) is 17.6 Å². The topological polar surface area (TPSA) is 115 Å². The Kier molecular flexibility index (Phi) is 5.40. The summed E-state index contributed by atoms with van der Waals surface area (Å²) in [6, 6.07) is 1.82. The minimum Gasteiger partial charge on any atom is -0.369 e. The van der Waals surface area contributed by atoms with Crippen LogP contribution in [0.1, 0.15) is 18.5 Å². The molecule has 2 amide bonds. The molecule has 4 N–H and O–H groups in total. The minimum absolute atomic E-state index is 0.113. The number of aryl methyl sites for hydroxylation is 1. The zero-order valence-electron chi connectivity index (χ0n) is 13.8. The Morgan fingerprint density at radius 2 is 2.24 bits per heavy atom. The standard InChI is InChI=1S/C15H20N6O2S2/c1-10-12(24-9-11(16)22)25-14(19-10)20-13(23)15(3-6-17-7-4-15)21-8-2-5-18-21/h2,5,8,17H,3-4,6-7,9H2,1H3,(H2,16,22)(H,19,20,23). The summed E-state index contributed by atoms with van der Waals surface area (Å²) in [6.07, 6.45) is 4.83. The molecule has 0 saturated carbocycles. The van der Waals surface area contributed by atoms with Gasteiger partial charge in [-0.05, 0) is 38.9 Å². The second kappa shape index (κ2) is 7.54. The van der Waals surface area contributed by atoms with Crippen molar-refractivity contribution in [3.05, 3.63) is 24.2 Å². The van der Waals surface area contributed by atoms with Crippen LogP contribution in [0.2, 0.25) is 0 Å². The molecule has 3 heterocycles. The van der Waals surface area contributed by atoms with E-state index in [1.54, 1.807) is 10.9 Å². The largest absolute Gasteiger partial charge is 0.369 e. The first-order valence-electron chi connectivity index (χ1n) is 7.92. The summed E-state index contributed by atoms with van der Waals surface area (Å²) in [5.74, 6) is -0.298. The quantitative estimate of drug-likeness (QED) is 0.643. The number of rotatable bonds is 6. The molecule has 2 aromatic rings. The summed E-state index contributed by atoms with van der Waals surface area (Å²) >= 11 is 2.69.